The first-order valence-electron chi connectivity index (χ1n) is 9.80. The van der Waals surface area contributed by atoms with Crippen LogP contribution in [0, 0.1) is 17.0 Å². The summed E-state index contributed by atoms with van der Waals surface area (Å²) in [5, 5.41) is 14.0. The monoisotopic (exact) mass is 470 g/mol. The van der Waals surface area contributed by atoms with Gasteiger partial charge in [-0.25, -0.2) is 8.42 Å². The van der Waals surface area contributed by atoms with Gasteiger partial charge in [0.25, 0.3) is 15.7 Å². The number of methoxy groups -OCH3 is 1. The standard InChI is InChI=1S/C22H22N4O6S/c1-16-3-8-20(13-21(16)26(28)29)33(30,31)25(18-4-6-19(32-2)7-5-18)15-22(27)24-14-17-9-11-23-12-10-17/h3-13H,14-15H2,1-2H3,(H,24,27). The number of amides is 1. The molecule has 0 saturated heterocycles. The smallest absolute Gasteiger partial charge is 0.273 e. The summed E-state index contributed by atoms with van der Waals surface area (Å²) in [6.45, 7) is 1.18. The Morgan fingerprint density at radius 3 is 2.39 bits per heavy atom. The van der Waals surface area contributed by atoms with Gasteiger partial charge in [-0.2, -0.15) is 0 Å². The summed E-state index contributed by atoms with van der Waals surface area (Å²) < 4.78 is 33.0. The first-order chi connectivity index (χ1) is 15.7. The largest absolute Gasteiger partial charge is 0.497 e. The second kappa shape index (κ2) is 10.1. The highest BCUT2D eigenvalue weighted by Crippen LogP contribution is 2.29. The van der Waals surface area contributed by atoms with Crippen molar-refractivity contribution in [2.45, 2.75) is 18.4 Å². The Hall–Kier alpha value is -3.99. The van der Waals surface area contributed by atoms with Gasteiger partial charge in [-0.1, -0.05) is 6.07 Å². The lowest BCUT2D eigenvalue weighted by molar-refractivity contribution is -0.385. The van der Waals surface area contributed by atoms with Crippen LogP contribution in [0.2, 0.25) is 0 Å². The molecule has 3 rings (SSSR count). The van der Waals surface area contributed by atoms with Crippen LogP contribution in [0.15, 0.2) is 71.9 Å². The molecule has 1 heterocycles. The van der Waals surface area contributed by atoms with E-state index in [9.17, 15) is 23.3 Å². The van der Waals surface area contributed by atoms with Gasteiger partial charge in [0.15, 0.2) is 0 Å². The van der Waals surface area contributed by atoms with Gasteiger partial charge in [-0.15, -0.1) is 0 Å². The summed E-state index contributed by atoms with van der Waals surface area (Å²) in [6.07, 6.45) is 3.17. The van der Waals surface area contributed by atoms with Crippen LogP contribution in [0.1, 0.15) is 11.1 Å². The molecule has 0 aliphatic rings. The van der Waals surface area contributed by atoms with Crippen LogP contribution in [0.25, 0.3) is 0 Å². The Kier molecular flexibility index (Phi) is 7.23. The average Bonchev–Trinajstić information content (AvgIpc) is 2.82. The summed E-state index contributed by atoms with van der Waals surface area (Å²) in [4.78, 5) is 27.0. The first kappa shape index (κ1) is 23.7. The Labute approximate surface area is 191 Å². The number of hydrogen-bond acceptors (Lipinski definition) is 7. The van der Waals surface area contributed by atoms with Crippen molar-refractivity contribution in [1.82, 2.24) is 10.3 Å². The highest BCUT2D eigenvalue weighted by atomic mass is 32.2. The number of hydrogen-bond donors (Lipinski definition) is 1. The molecule has 0 saturated carbocycles. The van der Waals surface area contributed by atoms with Crippen LogP contribution in [0.4, 0.5) is 11.4 Å². The van der Waals surface area contributed by atoms with Gasteiger partial charge in [-0.05, 0) is 55.0 Å². The molecular weight excluding hydrogens is 448 g/mol. The molecule has 2 aromatic carbocycles. The molecule has 0 aliphatic carbocycles. The summed E-state index contributed by atoms with van der Waals surface area (Å²) >= 11 is 0. The predicted octanol–water partition coefficient (Wildman–Crippen LogP) is 2.82. The van der Waals surface area contributed by atoms with E-state index in [1.165, 1.54) is 38.3 Å². The Bertz CT molecular complexity index is 1250. The van der Waals surface area contributed by atoms with E-state index in [2.05, 4.69) is 10.3 Å². The molecule has 0 aliphatic heterocycles. The van der Waals surface area contributed by atoms with Gasteiger partial charge in [0.05, 0.1) is 22.6 Å². The topological polar surface area (TPSA) is 132 Å². The number of rotatable bonds is 9. The minimum absolute atomic E-state index is 0.188. The first-order valence-corrected chi connectivity index (χ1v) is 11.2. The van der Waals surface area contributed by atoms with Crippen molar-refractivity contribution >= 4 is 27.3 Å². The summed E-state index contributed by atoms with van der Waals surface area (Å²) in [5.41, 5.74) is 1.00. The molecular formula is C22H22N4O6S. The molecule has 3 aromatic rings. The second-order valence-corrected chi connectivity index (χ2v) is 8.91. The van der Waals surface area contributed by atoms with Crippen LogP contribution < -0.4 is 14.4 Å². The van der Waals surface area contributed by atoms with Gasteiger partial charge in [0.1, 0.15) is 12.3 Å². The molecule has 0 atom stereocenters. The molecule has 1 amide bonds. The minimum Gasteiger partial charge on any atom is -0.497 e. The van der Waals surface area contributed by atoms with Crippen LogP contribution in [0.3, 0.4) is 0 Å². The average molecular weight is 471 g/mol. The molecule has 0 unspecified atom stereocenters. The maximum atomic E-state index is 13.5. The van der Waals surface area contributed by atoms with E-state index < -0.39 is 27.4 Å². The molecule has 0 fully saturated rings. The van der Waals surface area contributed by atoms with Gasteiger partial charge in [0.2, 0.25) is 5.91 Å². The quantitative estimate of drug-likeness (QED) is 0.376. The van der Waals surface area contributed by atoms with Crippen LogP contribution in [-0.4, -0.2) is 37.9 Å². The van der Waals surface area contributed by atoms with E-state index in [1.807, 2.05) is 0 Å². The fourth-order valence-corrected chi connectivity index (χ4v) is 4.47. The van der Waals surface area contributed by atoms with Gasteiger partial charge >= 0.3 is 0 Å². The van der Waals surface area contributed by atoms with Crippen molar-refractivity contribution in [3.63, 3.8) is 0 Å². The predicted molar refractivity (Wildman–Crippen MR) is 121 cm³/mol. The fraction of sp³-hybridized carbons (Fsp3) is 0.182. The zero-order chi connectivity index (χ0) is 24.0. The van der Waals surface area contributed by atoms with Gasteiger partial charge < -0.3 is 10.1 Å². The molecule has 1 aromatic heterocycles. The Morgan fingerprint density at radius 2 is 1.79 bits per heavy atom. The molecule has 10 nitrogen and oxygen atoms in total. The number of carbonyl (C=O) groups excluding carboxylic acids is 1. The van der Waals surface area contributed by atoms with Gasteiger partial charge in [0, 0.05) is 30.6 Å². The van der Waals surface area contributed by atoms with Crippen LogP contribution in [-0.2, 0) is 21.4 Å². The maximum absolute atomic E-state index is 13.5. The van der Waals surface area contributed by atoms with E-state index in [0.717, 1.165) is 15.9 Å². The van der Waals surface area contributed by atoms with E-state index in [0.29, 0.717) is 11.3 Å². The molecule has 0 radical (unpaired) electrons. The normalized spacial score (nSPS) is 11.0. The number of nitro benzene ring substituents is 1. The number of sulfonamides is 1. The molecule has 1 N–H and O–H groups in total. The van der Waals surface area contributed by atoms with E-state index in [-0.39, 0.29) is 22.8 Å². The summed E-state index contributed by atoms with van der Waals surface area (Å²) in [7, 11) is -2.83. The number of nitrogens with one attached hydrogen (secondary N) is 1. The highest BCUT2D eigenvalue weighted by molar-refractivity contribution is 7.92. The van der Waals surface area contributed by atoms with Crippen molar-refractivity contribution in [3.8, 4) is 5.75 Å². The van der Waals surface area contributed by atoms with Crippen LogP contribution in [0.5, 0.6) is 5.75 Å². The Morgan fingerprint density at radius 1 is 1.12 bits per heavy atom. The van der Waals surface area contributed by atoms with Crippen molar-refractivity contribution in [3.05, 3.63) is 88.2 Å². The lowest BCUT2D eigenvalue weighted by Crippen LogP contribution is -2.40. The van der Waals surface area contributed by atoms with Crippen LogP contribution >= 0.6 is 0 Å². The molecule has 33 heavy (non-hydrogen) atoms. The van der Waals surface area contributed by atoms with Crippen molar-refractivity contribution in [1.29, 1.82) is 0 Å². The van der Waals surface area contributed by atoms with E-state index in [1.54, 1.807) is 36.7 Å². The van der Waals surface area contributed by atoms with Gasteiger partial charge in [-0.3, -0.25) is 24.2 Å². The molecule has 11 heteroatoms. The van der Waals surface area contributed by atoms with Crippen molar-refractivity contribution in [2.75, 3.05) is 18.0 Å². The third kappa shape index (κ3) is 5.63. The number of aromatic nitrogens is 1. The number of aryl methyl sites for hydroxylation is 1. The Balaban J connectivity index is 1.94. The number of pyridine rings is 1. The maximum Gasteiger partial charge on any atom is 0.273 e. The third-order valence-electron chi connectivity index (χ3n) is 4.85. The number of nitro groups is 1. The molecule has 0 bridgehead atoms. The van der Waals surface area contributed by atoms with Crippen molar-refractivity contribution < 1.29 is 22.9 Å². The number of carbonyl (C=O) groups is 1. The summed E-state index contributed by atoms with van der Waals surface area (Å²) in [5.74, 6) is -0.0444. The lowest BCUT2D eigenvalue weighted by atomic mass is 10.2. The second-order valence-electron chi connectivity index (χ2n) is 7.05. The fourth-order valence-electron chi connectivity index (χ4n) is 3.02. The SMILES string of the molecule is COc1ccc(N(CC(=O)NCc2ccncc2)S(=O)(=O)c2ccc(C)c([N+](=O)[O-])c2)cc1. The molecule has 172 valence electrons. The zero-order valence-electron chi connectivity index (χ0n) is 18.0. The number of nitrogens with zero attached hydrogens (tertiary/aromatic N) is 3. The molecule has 0 spiro atoms. The highest BCUT2D eigenvalue weighted by Gasteiger charge is 2.29. The number of ether oxygens (including phenoxy) is 1. The van der Waals surface area contributed by atoms with E-state index >= 15 is 0 Å². The summed E-state index contributed by atoms with van der Waals surface area (Å²) in [6, 6.07) is 13.2. The number of benzene rings is 2. The van der Waals surface area contributed by atoms with Crippen molar-refractivity contribution in [2.24, 2.45) is 0 Å². The van der Waals surface area contributed by atoms with E-state index in [4.69, 9.17) is 4.74 Å². The zero-order valence-corrected chi connectivity index (χ0v) is 18.8. The number of anilines is 1. The lowest BCUT2D eigenvalue weighted by Gasteiger charge is -2.24. The minimum atomic E-state index is -4.31. The third-order valence-corrected chi connectivity index (χ3v) is 6.62.